The lowest BCUT2D eigenvalue weighted by molar-refractivity contribution is -0.122. The molecule has 0 saturated carbocycles. The summed E-state index contributed by atoms with van der Waals surface area (Å²) in [7, 11) is 0. The Morgan fingerprint density at radius 2 is 2.22 bits per heavy atom. The zero-order chi connectivity index (χ0) is 13.0. The van der Waals surface area contributed by atoms with E-state index in [9.17, 15) is 4.79 Å². The molecule has 1 aliphatic rings. The molecule has 1 aromatic rings. The van der Waals surface area contributed by atoms with Gasteiger partial charge in [-0.2, -0.15) is 0 Å². The molecule has 0 spiro atoms. The lowest BCUT2D eigenvalue weighted by atomic mass is 10.1. The van der Waals surface area contributed by atoms with Crippen molar-refractivity contribution in [3.05, 3.63) is 11.9 Å². The highest BCUT2D eigenvalue weighted by atomic mass is 16.1. The number of aromatic nitrogens is 2. The molecule has 0 radical (unpaired) electrons. The number of carbonyl (C=O) groups is 1. The van der Waals surface area contributed by atoms with E-state index < -0.39 is 0 Å². The first-order chi connectivity index (χ1) is 8.67. The maximum absolute atomic E-state index is 11.1. The van der Waals surface area contributed by atoms with Crippen LogP contribution in [0.5, 0.6) is 0 Å². The fourth-order valence-corrected chi connectivity index (χ4v) is 1.98. The van der Waals surface area contributed by atoms with E-state index in [1.54, 1.807) is 0 Å². The van der Waals surface area contributed by atoms with Crippen molar-refractivity contribution in [3.8, 4) is 0 Å². The van der Waals surface area contributed by atoms with Crippen LogP contribution in [0, 0.1) is 6.92 Å². The largest absolute Gasteiger partial charge is 0.370 e. The summed E-state index contributed by atoms with van der Waals surface area (Å²) < 4.78 is 0. The molecule has 2 heterocycles. The predicted octanol–water partition coefficient (Wildman–Crippen LogP) is 0.907. The van der Waals surface area contributed by atoms with E-state index in [-0.39, 0.29) is 11.9 Å². The third-order valence-electron chi connectivity index (χ3n) is 2.81. The molecule has 1 amide bonds. The van der Waals surface area contributed by atoms with Crippen LogP contribution >= 0.6 is 0 Å². The van der Waals surface area contributed by atoms with E-state index in [1.165, 1.54) is 0 Å². The Bertz CT molecular complexity index is 424. The summed E-state index contributed by atoms with van der Waals surface area (Å²) in [5, 5.41) is 9.35. The monoisotopic (exact) mass is 249 g/mol. The van der Waals surface area contributed by atoms with Gasteiger partial charge < -0.3 is 16.0 Å². The highest BCUT2D eigenvalue weighted by Gasteiger charge is 2.18. The van der Waals surface area contributed by atoms with Gasteiger partial charge in [-0.1, -0.05) is 0 Å². The molecule has 18 heavy (non-hydrogen) atoms. The van der Waals surface area contributed by atoms with E-state index in [2.05, 4.69) is 25.9 Å². The van der Waals surface area contributed by atoms with Gasteiger partial charge in [-0.05, 0) is 20.3 Å². The smallest absolute Gasteiger partial charge is 0.220 e. The average molecular weight is 249 g/mol. The lowest BCUT2D eigenvalue weighted by Gasteiger charge is -2.24. The van der Waals surface area contributed by atoms with E-state index in [0.717, 1.165) is 30.4 Å². The fraction of sp³-hybridized carbons (Fsp3) is 0.583. The van der Waals surface area contributed by atoms with Crippen molar-refractivity contribution in [1.82, 2.24) is 15.3 Å². The number of carbonyl (C=O) groups excluding carboxylic acids is 1. The molecule has 6 heteroatoms. The molecule has 6 nitrogen and oxygen atoms in total. The number of hydrogen-bond acceptors (Lipinski definition) is 5. The second-order valence-electron chi connectivity index (χ2n) is 4.40. The third-order valence-corrected chi connectivity index (χ3v) is 2.81. The van der Waals surface area contributed by atoms with Crippen LogP contribution in [0.3, 0.4) is 0 Å². The zero-order valence-corrected chi connectivity index (χ0v) is 10.8. The molecule has 0 aromatic carbocycles. The van der Waals surface area contributed by atoms with Crippen LogP contribution in [0.2, 0.25) is 0 Å². The fourth-order valence-electron chi connectivity index (χ4n) is 1.98. The molecule has 1 atom stereocenters. The molecule has 98 valence electrons. The predicted molar refractivity (Wildman–Crippen MR) is 70.6 cm³/mol. The minimum absolute atomic E-state index is 0.125. The molecule has 0 aliphatic carbocycles. The minimum atomic E-state index is 0.125. The van der Waals surface area contributed by atoms with Crippen molar-refractivity contribution in [2.24, 2.45) is 0 Å². The van der Waals surface area contributed by atoms with Gasteiger partial charge in [-0.25, -0.2) is 9.97 Å². The van der Waals surface area contributed by atoms with Gasteiger partial charge in [0.05, 0.1) is 0 Å². The van der Waals surface area contributed by atoms with Crippen LogP contribution in [-0.2, 0) is 4.79 Å². The Balaban J connectivity index is 2.02. The second kappa shape index (κ2) is 5.66. The number of nitrogens with zero attached hydrogens (tertiary/aromatic N) is 2. The van der Waals surface area contributed by atoms with Gasteiger partial charge >= 0.3 is 0 Å². The highest BCUT2D eigenvalue weighted by Crippen LogP contribution is 2.14. The standard InChI is InChI=1S/C12H19N5O/c1-3-13-10-6-11(16-8(2)15-10)17-9-4-5-12(18)14-7-9/h6,9H,3-5,7H2,1-2H3,(H,14,18)(H2,13,15,16,17). The van der Waals surface area contributed by atoms with E-state index in [0.29, 0.717) is 13.0 Å². The third kappa shape index (κ3) is 3.32. The summed E-state index contributed by atoms with van der Waals surface area (Å²) in [6.07, 6.45) is 1.41. The number of amides is 1. The summed E-state index contributed by atoms with van der Waals surface area (Å²) in [5.74, 6) is 2.49. The molecule has 1 aromatic heterocycles. The van der Waals surface area contributed by atoms with Gasteiger partial charge in [0.25, 0.3) is 0 Å². The van der Waals surface area contributed by atoms with Gasteiger partial charge in [0.2, 0.25) is 5.91 Å². The quantitative estimate of drug-likeness (QED) is 0.739. The maximum atomic E-state index is 11.1. The number of rotatable bonds is 4. The molecule has 1 saturated heterocycles. The van der Waals surface area contributed by atoms with Crippen LogP contribution in [0.1, 0.15) is 25.6 Å². The molecular formula is C12H19N5O. The Labute approximate surface area is 107 Å². The zero-order valence-electron chi connectivity index (χ0n) is 10.8. The van der Waals surface area contributed by atoms with Crippen molar-refractivity contribution >= 4 is 17.5 Å². The Morgan fingerprint density at radius 3 is 2.89 bits per heavy atom. The lowest BCUT2D eigenvalue weighted by Crippen LogP contribution is -2.42. The first-order valence-electron chi connectivity index (χ1n) is 6.30. The van der Waals surface area contributed by atoms with Gasteiger partial charge in [0.15, 0.2) is 0 Å². The summed E-state index contributed by atoms with van der Waals surface area (Å²) in [6, 6.07) is 2.14. The average Bonchev–Trinajstić information content (AvgIpc) is 2.32. The van der Waals surface area contributed by atoms with E-state index >= 15 is 0 Å². The molecule has 1 fully saturated rings. The van der Waals surface area contributed by atoms with Crippen molar-refractivity contribution in [1.29, 1.82) is 0 Å². The molecule has 3 N–H and O–H groups in total. The van der Waals surface area contributed by atoms with Crippen molar-refractivity contribution < 1.29 is 4.79 Å². The minimum Gasteiger partial charge on any atom is -0.370 e. The van der Waals surface area contributed by atoms with E-state index in [1.807, 2.05) is 19.9 Å². The number of nitrogens with one attached hydrogen (secondary N) is 3. The summed E-state index contributed by atoms with van der Waals surface area (Å²) >= 11 is 0. The van der Waals surface area contributed by atoms with Gasteiger partial charge in [0.1, 0.15) is 17.5 Å². The second-order valence-corrected chi connectivity index (χ2v) is 4.40. The van der Waals surface area contributed by atoms with Crippen LogP contribution in [0.25, 0.3) is 0 Å². The maximum Gasteiger partial charge on any atom is 0.220 e. The topological polar surface area (TPSA) is 78.9 Å². The molecule has 2 rings (SSSR count). The molecule has 1 unspecified atom stereocenters. The van der Waals surface area contributed by atoms with Gasteiger partial charge in [-0.15, -0.1) is 0 Å². The molecule has 1 aliphatic heterocycles. The first-order valence-corrected chi connectivity index (χ1v) is 6.30. The Hall–Kier alpha value is -1.85. The van der Waals surface area contributed by atoms with Gasteiger partial charge in [0, 0.05) is 31.6 Å². The number of piperidine rings is 1. The Kier molecular flexibility index (Phi) is 3.96. The molecule has 0 bridgehead atoms. The number of aryl methyl sites for hydroxylation is 1. The van der Waals surface area contributed by atoms with Crippen LogP contribution in [0.4, 0.5) is 11.6 Å². The summed E-state index contributed by atoms with van der Waals surface area (Å²) in [6.45, 7) is 5.38. The SMILES string of the molecule is CCNc1cc(NC2CCC(=O)NC2)nc(C)n1. The van der Waals surface area contributed by atoms with Crippen LogP contribution in [-0.4, -0.2) is 35.0 Å². The van der Waals surface area contributed by atoms with Crippen molar-refractivity contribution in [3.63, 3.8) is 0 Å². The summed E-state index contributed by atoms with van der Waals surface area (Å²) in [4.78, 5) is 19.7. The van der Waals surface area contributed by atoms with E-state index in [4.69, 9.17) is 0 Å². The summed E-state index contributed by atoms with van der Waals surface area (Å²) in [5.41, 5.74) is 0. The Morgan fingerprint density at radius 1 is 1.44 bits per heavy atom. The first kappa shape index (κ1) is 12.6. The molecular weight excluding hydrogens is 230 g/mol. The number of anilines is 2. The van der Waals surface area contributed by atoms with Crippen molar-refractivity contribution in [2.45, 2.75) is 32.7 Å². The van der Waals surface area contributed by atoms with Crippen LogP contribution in [0.15, 0.2) is 6.07 Å². The van der Waals surface area contributed by atoms with Crippen LogP contribution < -0.4 is 16.0 Å². The number of hydrogen-bond donors (Lipinski definition) is 3. The normalized spacial score (nSPS) is 19.2. The van der Waals surface area contributed by atoms with Crippen molar-refractivity contribution in [2.75, 3.05) is 23.7 Å². The van der Waals surface area contributed by atoms with Gasteiger partial charge in [-0.3, -0.25) is 4.79 Å². The highest BCUT2D eigenvalue weighted by molar-refractivity contribution is 5.77.